The highest BCUT2D eigenvalue weighted by molar-refractivity contribution is 7.26. The first-order chi connectivity index (χ1) is 28.2. The van der Waals surface area contributed by atoms with E-state index < -0.39 is 0 Å². The Hall–Kier alpha value is -6.85. The Morgan fingerprint density at radius 2 is 0.825 bits per heavy atom. The molecule has 9 aromatic carbocycles. The van der Waals surface area contributed by atoms with Gasteiger partial charge in [-0.2, -0.15) is 0 Å². The number of nitrogens with zero attached hydrogens (tertiary/aromatic N) is 2. The number of benzene rings is 9. The topological polar surface area (TPSA) is 16.1 Å². The summed E-state index contributed by atoms with van der Waals surface area (Å²) in [5.74, 6) is 0. The molecular formula is C53H34N2S2. The SMILES string of the molecule is c1ccc(-c2ccc(-c3nc4cc5sc6ccc(-c7ccc(N(c8ccccc8)c8ccc(-c9ccc%10ccccc%10c9)cc8)cc7)cc6c5cc4s3)cc2)cc1. The molecule has 0 saturated carbocycles. The lowest BCUT2D eigenvalue weighted by Crippen LogP contribution is -2.09. The molecule has 0 fully saturated rings. The summed E-state index contributed by atoms with van der Waals surface area (Å²) in [5, 5.41) is 6.14. The van der Waals surface area contributed by atoms with Gasteiger partial charge in [-0.3, -0.25) is 0 Å². The number of hydrogen-bond acceptors (Lipinski definition) is 4. The van der Waals surface area contributed by atoms with Gasteiger partial charge in [0, 0.05) is 42.8 Å². The predicted molar refractivity (Wildman–Crippen MR) is 246 cm³/mol. The minimum absolute atomic E-state index is 1.05. The molecule has 2 nitrogen and oxygen atoms in total. The monoisotopic (exact) mass is 762 g/mol. The van der Waals surface area contributed by atoms with Crippen molar-refractivity contribution in [1.29, 1.82) is 0 Å². The van der Waals surface area contributed by atoms with Crippen LogP contribution in [0.5, 0.6) is 0 Å². The third-order valence-electron chi connectivity index (χ3n) is 10.9. The van der Waals surface area contributed by atoms with Crippen LogP contribution < -0.4 is 4.90 Å². The molecule has 0 saturated heterocycles. The first-order valence-corrected chi connectivity index (χ1v) is 20.8. The summed E-state index contributed by atoms with van der Waals surface area (Å²) in [4.78, 5) is 7.42. The minimum atomic E-state index is 1.05. The van der Waals surface area contributed by atoms with E-state index in [1.54, 1.807) is 11.3 Å². The number of fused-ring (bicyclic) bond motifs is 5. The van der Waals surface area contributed by atoms with Crippen molar-refractivity contribution in [3.63, 3.8) is 0 Å². The van der Waals surface area contributed by atoms with Gasteiger partial charge in [0.05, 0.1) is 10.2 Å². The number of anilines is 3. The number of rotatable bonds is 7. The zero-order valence-corrected chi connectivity index (χ0v) is 32.5. The average Bonchev–Trinajstić information content (AvgIpc) is 3.87. The van der Waals surface area contributed by atoms with E-state index in [2.05, 4.69) is 211 Å². The van der Waals surface area contributed by atoms with E-state index in [4.69, 9.17) is 4.98 Å². The Morgan fingerprint density at radius 3 is 1.54 bits per heavy atom. The van der Waals surface area contributed by atoms with Gasteiger partial charge < -0.3 is 4.90 Å². The Labute approximate surface area is 339 Å². The van der Waals surface area contributed by atoms with Crippen LogP contribution in [0.3, 0.4) is 0 Å². The molecule has 0 amide bonds. The van der Waals surface area contributed by atoms with Crippen molar-refractivity contribution in [1.82, 2.24) is 4.98 Å². The van der Waals surface area contributed by atoms with Crippen LogP contribution in [0.2, 0.25) is 0 Å². The van der Waals surface area contributed by atoms with Crippen LogP contribution in [0.25, 0.3) is 85.1 Å². The molecular weight excluding hydrogens is 729 g/mol. The molecule has 0 spiro atoms. The van der Waals surface area contributed by atoms with Crippen molar-refractivity contribution in [3.05, 3.63) is 206 Å². The van der Waals surface area contributed by atoms with Crippen molar-refractivity contribution in [2.75, 3.05) is 4.90 Å². The molecule has 11 aromatic rings. The summed E-state index contributed by atoms with van der Waals surface area (Å²) < 4.78 is 3.78. The fourth-order valence-electron chi connectivity index (χ4n) is 7.94. The number of thiophene rings is 1. The first-order valence-electron chi connectivity index (χ1n) is 19.2. The third-order valence-corrected chi connectivity index (χ3v) is 13.1. The third kappa shape index (κ3) is 6.26. The molecule has 4 heteroatoms. The fourth-order valence-corrected chi connectivity index (χ4v) is 10.0. The second-order valence-electron chi connectivity index (χ2n) is 14.4. The van der Waals surface area contributed by atoms with E-state index >= 15 is 0 Å². The number of hydrogen-bond donors (Lipinski definition) is 0. The lowest BCUT2D eigenvalue weighted by molar-refractivity contribution is 1.28. The quantitative estimate of drug-likeness (QED) is 0.161. The Balaban J connectivity index is 0.897. The minimum Gasteiger partial charge on any atom is -0.311 e. The van der Waals surface area contributed by atoms with Crippen molar-refractivity contribution in [2.45, 2.75) is 0 Å². The van der Waals surface area contributed by atoms with Gasteiger partial charge in [-0.05, 0) is 111 Å². The number of para-hydroxylation sites is 1. The van der Waals surface area contributed by atoms with Crippen LogP contribution in [0.15, 0.2) is 206 Å². The van der Waals surface area contributed by atoms with Crippen LogP contribution in [0.1, 0.15) is 0 Å². The summed E-state index contributed by atoms with van der Waals surface area (Å²) in [6.07, 6.45) is 0. The van der Waals surface area contributed by atoms with Gasteiger partial charge in [0.25, 0.3) is 0 Å². The maximum atomic E-state index is 5.09. The molecule has 0 aliphatic rings. The van der Waals surface area contributed by atoms with E-state index in [1.807, 2.05) is 11.3 Å². The van der Waals surface area contributed by atoms with Gasteiger partial charge in [0.1, 0.15) is 5.01 Å². The number of thiazole rings is 1. The molecule has 0 N–H and O–H groups in total. The predicted octanol–water partition coefficient (Wildman–Crippen LogP) is 16.0. The molecule has 11 rings (SSSR count). The van der Waals surface area contributed by atoms with Crippen LogP contribution in [0, 0.1) is 0 Å². The fraction of sp³-hybridized carbons (Fsp3) is 0. The highest BCUT2D eigenvalue weighted by Gasteiger charge is 2.15. The standard InChI is InChI=1S/C53H34N2S2/c1-3-9-35(10-4-1)37-15-18-40(19-16-37)53-54-49-34-51-48(33-52(49)57-53)47-32-43(25-30-50(47)56-51)39-23-28-46(29-24-39)55(44-13-5-2-6-14-44)45-26-21-38(22-27-45)42-20-17-36-11-7-8-12-41(36)31-42/h1-34H. The second kappa shape index (κ2) is 14.0. The maximum Gasteiger partial charge on any atom is 0.124 e. The van der Waals surface area contributed by atoms with Crippen molar-refractivity contribution in [2.24, 2.45) is 0 Å². The smallest absolute Gasteiger partial charge is 0.124 e. The molecule has 0 radical (unpaired) electrons. The largest absolute Gasteiger partial charge is 0.311 e. The highest BCUT2D eigenvalue weighted by Crippen LogP contribution is 2.42. The Morgan fingerprint density at radius 1 is 0.316 bits per heavy atom. The Kier molecular flexibility index (Phi) is 8.24. The van der Waals surface area contributed by atoms with Crippen LogP contribution in [0.4, 0.5) is 17.1 Å². The average molecular weight is 763 g/mol. The molecule has 57 heavy (non-hydrogen) atoms. The Bertz CT molecular complexity index is 3200. The van der Waals surface area contributed by atoms with Crippen molar-refractivity contribution >= 4 is 80.9 Å². The van der Waals surface area contributed by atoms with Gasteiger partial charge in [-0.25, -0.2) is 4.98 Å². The molecule has 0 aliphatic carbocycles. The summed E-state index contributed by atoms with van der Waals surface area (Å²) in [6, 6.07) is 74.5. The normalized spacial score (nSPS) is 11.5. The second-order valence-corrected chi connectivity index (χ2v) is 16.5. The van der Waals surface area contributed by atoms with E-state index in [9.17, 15) is 0 Å². The molecule has 2 heterocycles. The molecule has 268 valence electrons. The zero-order chi connectivity index (χ0) is 37.7. The van der Waals surface area contributed by atoms with Gasteiger partial charge in [0.2, 0.25) is 0 Å². The number of aromatic nitrogens is 1. The first kappa shape index (κ1) is 33.5. The van der Waals surface area contributed by atoms with Gasteiger partial charge in [-0.1, -0.05) is 140 Å². The van der Waals surface area contributed by atoms with E-state index in [1.165, 1.54) is 69.0 Å². The summed E-state index contributed by atoms with van der Waals surface area (Å²) in [5.41, 5.74) is 12.8. The lowest BCUT2D eigenvalue weighted by atomic mass is 10.0. The molecule has 0 unspecified atom stereocenters. The summed E-state index contributed by atoms with van der Waals surface area (Å²) in [7, 11) is 0. The van der Waals surface area contributed by atoms with Crippen molar-refractivity contribution < 1.29 is 0 Å². The van der Waals surface area contributed by atoms with Crippen LogP contribution in [-0.2, 0) is 0 Å². The highest BCUT2D eigenvalue weighted by atomic mass is 32.1. The zero-order valence-electron chi connectivity index (χ0n) is 30.8. The molecule has 2 aromatic heterocycles. The van der Waals surface area contributed by atoms with Gasteiger partial charge in [-0.15, -0.1) is 22.7 Å². The lowest BCUT2D eigenvalue weighted by Gasteiger charge is -2.26. The molecule has 0 bridgehead atoms. The summed E-state index contributed by atoms with van der Waals surface area (Å²) >= 11 is 3.61. The summed E-state index contributed by atoms with van der Waals surface area (Å²) in [6.45, 7) is 0. The molecule has 0 aliphatic heterocycles. The maximum absolute atomic E-state index is 5.09. The van der Waals surface area contributed by atoms with Gasteiger partial charge >= 0.3 is 0 Å². The van der Waals surface area contributed by atoms with Crippen LogP contribution >= 0.6 is 22.7 Å². The molecule has 0 atom stereocenters. The van der Waals surface area contributed by atoms with Crippen LogP contribution in [-0.4, -0.2) is 4.98 Å². The van der Waals surface area contributed by atoms with Crippen molar-refractivity contribution in [3.8, 4) is 44.0 Å². The van der Waals surface area contributed by atoms with E-state index in [0.717, 1.165) is 33.1 Å². The van der Waals surface area contributed by atoms with Gasteiger partial charge in [0.15, 0.2) is 0 Å². The van der Waals surface area contributed by atoms with E-state index in [-0.39, 0.29) is 0 Å². The van der Waals surface area contributed by atoms with E-state index in [0.29, 0.717) is 0 Å².